The van der Waals surface area contributed by atoms with Crippen molar-refractivity contribution >= 4 is 46.9 Å². The van der Waals surface area contributed by atoms with Gasteiger partial charge in [-0.15, -0.1) is 0 Å². The highest BCUT2D eigenvalue weighted by atomic mass is 35.5. The molecule has 0 spiro atoms. The molecule has 1 aromatic heterocycles. The maximum Gasteiger partial charge on any atom is 0.156 e. The Balaban J connectivity index is 1.36. The predicted molar refractivity (Wildman–Crippen MR) is 148 cm³/mol. The van der Waals surface area contributed by atoms with Crippen LogP contribution in [-0.2, 0) is 0 Å². The predicted octanol–water partition coefficient (Wildman–Crippen LogP) is 5.71. The van der Waals surface area contributed by atoms with Crippen LogP contribution in [0.2, 0.25) is 5.02 Å². The van der Waals surface area contributed by atoms with Crippen molar-refractivity contribution in [3.63, 3.8) is 0 Å². The Labute approximate surface area is 211 Å². The first kappa shape index (κ1) is 23.1. The molecule has 0 amide bonds. The van der Waals surface area contributed by atoms with Gasteiger partial charge in [-0.05, 0) is 54.8 Å². The summed E-state index contributed by atoms with van der Waals surface area (Å²) in [7, 11) is 0. The Morgan fingerprint density at radius 3 is 2.37 bits per heavy atom. The van der Waals surface area contributed by atoms with Crippen molar-refractivity contribution in [2.45, 2.75) is 13.8 Å². The van der Waals surface area contributed by atoms with Crippen LogP contribution >= 0.6 is 11.6 Å². The van der Waals surface area contributed by atoms with E-state index >= 15 is 0 Å². The number of benzene rings is 2. The van der Waals surface area contributed by atoms with Gasteiger partial charge in [0.25, 0.3) is 0 Å². The molecule has 2 aromatic carbocycles. The number of aromatic nitrogens is 2. The number of halogens is 1. The number of nitrogens with zero attached hydrogens (tertiary/aromatic N) is 5. The third kappa shape index (κ3) is 5.72. The lowest BCUT2D eigenvalue weighted by molar-refractivity contribution is 0.646. The Bertz CT molecular complexity index is 1290. The van der Waals surface area contributed by atoms with Gasteiger partial charge in [-0.2, -0.15) is 0 Å². The maximum atomic E-state index is 6.36. The average Bonchev–Trinajstić information content (AvgIpc) is 3.29. The molecule has 2 aliphatic rings. The summed E-state index contributed by atoms with van der Waals surface area (Å²) in [6, 6.07) is 18.5. The molecule has 0 bridgehead atoms. The number of nitrogens with one attached hydrogen (secondary N) is 1. The number of rotatable bonds is 5. The molecule has 3 heterocycles. The van der Waals surface area contributed by atoms with E-state index in [-0.39, 0.29) is 0 Å². The highest BCUT2D eigenvalue weighted by Gasteiger charge is 2.20. The van der Waals surface area contributed by atoms with E-state index in [2.05, 4.69) is 63.4 Å². The molecule has 0 unspecified atom stereocenters. The van der Waals surface area contributed by atoms with E-state index in [1.807, 2.05) is 43.3 Å². The molecule has 1 saturated heterocycles. The van der Waals surface area contributed by atoms with Gasteiger partial charge < -0.3 is 15.1 Å². The molecule has 2 aliphatic heterocycles. The highest BCUT2D eigenvalue weighted by molar-refractivity contribution is 6.31. The van der Waals surface area contributed by atoms with Crippen LogP contribution in [0.1, 0.15) is 23.9 Å². The lowest BCUT2D eigenvalue weighted by Gasteiger charge is -2.37. The number of amidine groups is 1. The van der Waals surface area contributed by atoms with Crippen molar-refractivity contribution in [2.24, 2.45) is 4.99 Å². The number of piperazine rings is 1. The molecular formula is C28H29ClN6. The zero-order chi connectivity index (χ0) is 24.2. The van der Waals surface area contributed by atoms with Crippen LogP contribution in [0, 0.1) is 6.92 Å². The Kier molecular flexibility index (Phi) is 6.82. The Hall–Kier alpha value is -3.64. The van der Waals surface area contributed by atoms with Crippen LogP contribution in [0.3, 0.4) is 0 Å². The van der Waals surface area contributed by atoms with Crippen molar-refractivity contribution in [1.82, 2.24) is 9.97 Å². The molecule has 35 heavy (non-hydrogen) atoms. The molecule has 7 heteroatoms. The third-order valence-electron chi connectivity index (χ3n) is 6.22. The number of hydrogen-bond acceptors (Lipinski definition) is 6. The van der Waals surface area contributed by atoms with Crippen LogP contribution in [0.5, 0.6) is 0 Å². The summed E-state index contributed by atoms with van der Waals surface area (Å²) in [5, 5.41) is 4.18. The molecule has 3 aromatic rings. The molecule has 0 radical (unpaired) electrons. The SMILES string of the molecule is CC1=CC(Nc2cc(N3CCN(c4ccc(C)c(Cl)c4)CC3)nc(/C=C/c3ccccc3)n2)=NC1. The molecule has 1 fully saturated rings. The molecule has 6 nitrogen and oxygen atoms in total. The van der Waals surface area contributed by atoms with Gasteiger partial charge in [0.2, 0.25) is 0 Å². The first-order valence-corrected chi connectivity index (χ1v) is 12.3. The summed E-state index contributed by atoms with van der Waals surface area (Å²) >= 11 is 6.36. The summed E-state index contributed by atoms with van der Waals surface area (Å²) in [5.41, 5.74) is 4.61. The zero-order valence-electron chi connectivity index (χ0n) is 20.1. The third-order valence-corrected chi connectivity index (χ3v) is 6.62. The van der Waals surface area contributed by atoms with Crippen LogP contribution in [0.4, 0.5) is 17.3 Å². The molecular weight excluding hydrogens is 456 g/mol. The molecule has 0 saturated carbocycles. The second-order valence-corrected chi connectivity index (χ2v) is 9.35. The van der Waals surface area contributed by atoms with E-state index in [1.54, 1.807) is 0 Å². The lowest BCUT2D eigenvalue weighted by Crippen LogP contribution is -2.47. The van der Waals surface area contributed by atoms with Gasteiger partial charge in [0.1, 0.15) is 17.5 Å². The van der Waals surface area contributed by atoms with E-state index in [0.717, 1.165) is 72.0 Å². The number of anilines is 3. The summed E-state index contributed by atoms with van der Waals surface area (Å²) in [6.45, 7) is 8.37. The number of hydrogen-bond donors (Lipinski definition) is 1. The van der Waals surface area contributed by atoms with Crippen molar-refractivity contribution in [1.29, 1.82) is 0 Å². The highest BCUT2D eigenvalue weighted by Crippen LogP contribution is 2.26. The second kappa shape index (κ2) is 10.3. The smallest absolute Gasteiger partial charge is 0.156 e. The largest absolute Gasteiger partial charge is 0.368 e. The Morgan fingerprint density at radius 1 is 0.886 bits per heavy atom. The normalized spacial score (nSPS) is 16.0. The standard InChI is InChI=1S/C28H29ClN6/c1-20-16-26(30-19-20)32-27-18-28(33-25(31-27)11-9-22-6-4-3-5-7-22)35-14-12-34(13-15-35)23-10-8-21(2)24(29)17-23/h3-11,16-18H,12-15,19H2,1-2H3,(H,30,31,32,33)/b11-9+. The summed E-state index contributed by atoms with van der Waals surface area (Å²) in [6.07, 6.45) is 6.07. The van der Waals surface area contributed by atoms with Crippen molar-refractivity contribution in [3.05, 3.63) is 88.2 Å². The van der Waals surface area contributed by atoms with Gasteiger partial charge in [-0.3, -0.25) is 4.99 Å². The van der Waals surface area contributed by atoms with Crippen LogP contribution in [0.25, 0.3) is 12.2 Å². The topological polar surface area (TPSA) is 56.6 Å². The van der Waals surface area contributed by atoms with E-state index in [4.69, 9.17) is 21.6 Å². The summed E-state index contributed by atoms with van der Waals surface area (Å²) < 4.78 is 0. The van der Waals surface area contributed by atoms with Crippen LogP contribution < -0.4 is 15.1 Å². The fourth-order valence-corrected chi connectivity index (χ4v) is 4.38. The minimum Gasteiger partial charge on any atom is -0.368 e. The molecule has 0 aliphatic carbocycles. The van der Waals surface area contributed by atoms with Gasteiger partial charge in [0.15, 0.2) is 5.82 Å². The second-order valence-electron chi connectivity index (χ2n) is 8.94. The monoisotopic (exact) mass is 484 g/mol. The maximum absolute atomic E-state index is 6.36. The van der Waals surface area contributed by atoms with E-state index < -0.39 is 0 Å². The van der Waals surface area contributed by atoms with E-state index in [0.29, 0.717) is 5.82 Å². The first-order chi connectivity index (χ1) is 17.0. The molecule has 1 N–H and O–H groups in total. The minimum absolute atomic E-state index is 0.667. The molecule has 0 atom stereocenters. The van der Waals surface area contributed by atoms with Crippen molar-refractivity contribution in [3.8, 4) is 0 Å². The van der Waals surface area contributed by atoms with Gasteiger partial charge in [0.05, 0.1) is 6.54 Å². The minimum atomic E-state index is 0.667. The summed E-state index contributed by atoms with van der Waals surface area (Å²) in [4.78, 5) is 18.8. The lowest BCUT2D eigenvalue weighted by atomic mass is 10.2. The van der Waals surface area contributed by atoms with E-state index in [9.17, 15) is 0 Å². The first-order valence-electron chi connectivity index (χ1n) is 11.9. The van der Waals surface area contributed by atoms with Gasteiger partial charge in [-0.1, -0.05) is 54.1 Å². The van der Waals surface area contributed by atoms with Crippen molar-refractivity contribution < 1.29 is 0 Å². The fraction of sp³-hybridized carbons (Fsp3) is 0.250. The van der Waals surface area contributed by atoms with E-state index in [1.165, 1.54) is 5.57 Å². The van der Waals surface area contributed by atoms with Gasteiger partial charge in [0, 0.05) is 43.0 Å². The van der Waals surface area contributed by atoms with Crippen LogP contribution in [0.15, 0.2) is 71.2 Å². The number of aliphatic imine (C=N–C) groups is 1. The van der Waals surface area contributed by atoms with Gasteiger partial charge in [-0.25, -0.2) is 9.97 Å². The number of aryl methyl sites for hydroxylation is 1. The Morgan fingerprint density at radius 2 is 1.66 bits per heavy atom. The van der Waals surface area contributed by atoms with Gasteiger partial charge >= 0.3 is 0 Å². The quantitative estimate of drug-likeness (QED) is 0.503. The summed E-state index contributed by atoms with van der Waals surface area (Å²) in [5.74, 6) is 3.17. The molecule has 178 valence electrons. The van der Waals surface area contributed by atoms with Crippen LogP contribution in [-0.4, -0.2) is 48.5 Å². The average molecular weight is 485 g/mol. The van der Waals surface area contributed by atoms with Crippen molar-refractivity contribution in [2.75, 3.05) is 47.8 Å². The zero-order valence-corrected chi connectivity index (χ0v) is 20.8. The molecule has 5 rings (SSSR count). The fourth-order valence-electron chi connectivity index (χ4n) is 4.20.